The molecule has 0 atom stereocenters. The summed E-state index contributed by atoms with van der Waals surface area (Å²) in [5.41, 5.74) is 7.38. The number of carbonyl (C=O) groups excluding carboxylic acids is 1. The number of alkyl halides is 3. The smallest absolute Gasteiger partial charge is 0.422 e. The second-order valence-corrected chi connectivity index (χ2v) is 5.99. The van der Waals surface area contributed by atoms with E-state index >= 15 is 0 Å². The van der Waals surface area contributed by atoms with E-state index in [2.05, 4.69) is 30.9 Å². The minimum atomic E-state index is -4.66. The van der Waals surface area contributed by atoms with Crippen LogP contribution in [0.5, 0.6) is 0 Å². The predicted octanol–water partition coefficient (Wildman–Crippen LogP) is 5.47. The number of halogens is 4. The van der Waals surface area contributed by atoms with Crippen molar-refractivity contribution in [2.24, 2.45) is 10.2 Å². The van der Waals surface area contributed by atoms with Crippen molar-refractivity contribution in [3.8, 4) is 0 Å². The van der Waals surface area contributed by atoms with Gasteiger partial charge in [-0.15, -0.1) is 5.11 Å². The lowest BCUT2D eigenvalue weighted by Gasteiger charge is -2.08. The van der Waals surface area contributed by atoms with Crippen LogP contribution in [0.1, 0.15) is 18.1 Å². The van der Waals surface area contributed by atoms with Gasteiger partial charge in [-0.2, -0.15) is 23.1 Å². The highest BCUT2D eigenvalue weighted by molar-refractivity contribution is 9.10. The molecule has 0 radical (unpaired) electrons. The SMILES string of the molecule is CCOC(=O)C(=[N+]=[N-])c1cc(C(F)(F)F)ccc1N=Nc1cccc(Br)c1. The molecule has 2 aromatic rings. The molecule has 0 aromatic heterocycles. The second kappa shape index (κ2) is 8.70. The molecule has 0 spiro atoms. The highest BCUT2D eigenvalue weighted by Crippen LogP contribution is 2.33. The molecule has 10 heteroatoms. The number of rotatable bonds is 5. The molecule has 0 amide bonds. The molecule has 0 aliphatic carbocycles. The molecule has 0 aliphatic heterocycles. The van der Waals surface area contributed by atoms with E-state index in [9.17, 15) is 18.0 Å². The van der Waals surface area contributed by atoms with Crippen molar-refractivity contribution < 1.29 is 27.5 Å². The summed E-state index contributed by atoms with van der Waals surface area (Å²) in [6, 6.07) is 9.21. The van der Waals surface area contributed by atoms with Crippen molar-refractivity contribution in [1.82, 2.24) is 0 Å². The van der Waals surface area contributed by atoms with Gasteiger partial charge in [0.25, 0.3) is 0 Å². The lowest BCUT2D eigenvalue weighted by Crippen LogP contribution is -2.20. The largest absolute Gasteiger partial charge is 0.457 e. The maximum Gasteiger partial charge on any atom is 0.422 e. The third-order valence-corrected chi connectivity index (χ3v) is 3.72. The number of azo groups is 1. The van der Waals surface area contributed by atoms with Gasteiger partial charge in [0.15, 0.2) is 0 Å². The van der Waals surface area contributed by atoms with Gasteiger partial charge in [0.05, 0.1) is 17.9 Å². The van der Waals surface area contributed by atoms with Crippen LogP contribution in [0, 0.1) is 0 Å². The summed E-state index contributed by atoms with van der Waals surface area (Å²) < 4.78 is 44.6. The molecule has 140 valence electrons. The minimum absolute atomic E-state index is 0.0499. The number of nitrogens with zero attached hydrogens (tertiary/aromatic N) is 4. The van der Waals surface area contributed by atoms with Crippen molar-refractivity contribution in [2.45, 2.75) is 13.1 Å². The molecule has 0 saturated heterocycles. The van der Waals surface area contributed by atoms with Gasteiger partial charge < -0.3 is 10.3 Å². The number of hydrogen-bond acceptors (Lipinski definition) is 4. The molecule has 0 N–H and O–H groups in total. The molecule has 6 nitrogen and oxygen atoms in total. The van der Waals surface area contributed by atoms with E-state index in [1.54, 1.807) is 24.3 Å². The van der Waals surface area contributed by atoms with E-state index in [0.29, 0.717) is 11.8 Å². The minimum Gasteiger partial charge on any atom is -0.457 e. The van der Waals surface area contributed by atoms with Crippen LogP contribution in [0.15, 0.2) is 57.2 Å². The Morgan fingerprint density at radius 2 is 1.96 bits per heavy atom. The average molecular weight is 441 g/mol. The van der Waals surface area contributed by atoms with Crippen LogP contribution in [0.25, 0.3) is 5.53 Å². The van der Waals surface area contributed by atoms with E-state index in [1.807, 2.05) is 0 Å². The van der Waals surface area contributed by atoms with Crippen LogP contribution < -0.4 is 0 Å². The fourth-order valence-corrected chi connectivity index (χ4v) is 2.43. The van der Waals surface area contributed by atoms with Crippen molar-refractivity contribution in [3.05, 3.63) is 63.6 Å². The van der Waals surface area contributed by atoms with Gasteiger partial charge in [-0.1, -0.05) is 22.0 Å². The van der Waals surface area contributed by atoms with Gasteiger partial charge in [0, 0.05) is 4.47 Å². The van der Waals surface area contributed by atoms with Gasteiger partial charge in [0.2, 0.25) is 0 Å². The number of benzene rings is 2. The fraction of sp³-hybridized carbons (Fsp3) is 0.176. The molecular weight excluding hydrogens is 429 g/mol. The third kappa shape index (κ3) is 5.32. The molecule has 0 bridgehead atoms. The van der Waals surface area contributed by atoms with E-state index < -0.39 is 23.4 Å². The number of carbonyl (C=O) groups is 1. The summed E-state index contributed by atoms with van der Waals surface area (Å²) in [6.07, 6.45) is -4.66. The Hall–Kier alpha value is -2.84. The van der Waals surface area contributed by atoms with Crippen LogP contribution in [-0.2, 0) is 15.7 Å². The zero-order chi connectivity index (χ0) is 20.0. The topological polar surface area (TPSA) is 87.4 Å². The van der Waals surface area contributed by atoms with Gasteiger partial charge in [-0.05, 0) is 43.3 Å². The highest BCUT2D eigenvalue weighted by atomic mass is 79.9. The van der Waals surface area contributed by atoms with Crippen molar-refractivity contribution in [3.63, 3.8) is 0 Å². The molecular formula is C17H12BrF3N4O2. The Morgan fingerprint density at radius 1 is 1.22 bits per heavy atom. The molecule has 0 heterocycles. The van der Waals surface area contributed by atoms with E-state index in [0.717, 1.165) is 16.6 Å². The average Bonchev–Trinajstić information content (AvgIpc) is 2.60. The normalized spacial score (nSPS) is 11.3. The Labute approximate surface area is 160 Å². The standard InChI is InChI=1S/C17H12BrF3N4O2/c1-2-27-16(26)15(23-22)13-8-10(17(19,20)21)6-7-14(13)25-24-12-5-3-4-11(18)9-12/h3-9H,2H2,1H3. The van der Waals surface area contributed by atoms with Gasteiger partial charge >= 0.3 is 17.9 Å². The molecule has 0 saturated carbocycles. The predicted molar refractivity (Wildman–Crippen MR) is 94.1 cm³/mol. The maximum atomic E-state index is 13.0. The highest BCUT2D eigenvalue weighted by Gasteiger charge is 2.35. The lowest BCUT2D eigenvalue weighted by molar-refractivity contribution is -0.140. The maximum absolute atomic E-state index is 13.0. The summed E-state index contributed by atoms with van der Waals surface area (Å²) in [6.45, 7) is 1.46. The van der Waals surface area contributed by atoms with Gasteiger partial charge in [-0.3, -0.25) is 0 Å². The summed E-state index contributed by atoms with van der Waals surface area (Å²) >= 11 is 3.26. The second-order valence-electron chi connectivity index (χ2n) is 5.08. The quantitative estimate of drug-likeness (QED) is 0.267. The first-order chi connectivity index (χ1) is 12.8. The van der Waals surface area contributed by atoms with E-state index in [-0.39, 0.29) is 17.9 Å². The Kier molecular flexibility index (Phi) is 6.59. The number of ether oxygens (including phenoxy) is 1. The van der Waals surface area contributed by atoms with Crippen molar-refractivity contribution in [2.75, 3.05) is 6.61 Å². The van der Waals surface area contributed by atoms with E-state index in [4.69, 9.17) is 10.3 Å². The summed E-state index contributed by atoms with van der Waals surface area (Å²) in [5, 5.41) is 7.83. The molecule has 2 aromatic carbocycles. The van der Waals surface area contributed by atoms with Crippen LogP contribution >= 0.6 is 15.9 Å². The molecule has 2 rings (SSSR count). The summed E-state index contributed by atoms with van der Waals surface area (Å²) in [5.74, 6) is -1.08. The molecule has 27 heavy (non-hydrogen) atoms. The van der Waals surface area contributed by atoms with Crippen LogP contribution in [0.3, 0.4) is 0 Å². The van der Waals surface area contributed by atoms with Crippen LogP contribution in [0.2, 0.25) is 0 Å². The van der Waals surface area contributed by atoms with Gasteiger partial charge in [0.1, 0.15) is 11.3 Å². The number of esters is 1. The number of hydrogen-bond donors (Lipinski definition) is 0. The van der Waals surface area contributed by atoms with Crippen LogP contribution in [0.4, 0.5) is 24.5 Å². The molecule has 0 fully saturated rings. The first-order valence-electron chi connectivity index (χ1n) is 7.54. The zero-order valence-corrected chi connectivity index (χ0v) is 15.5. The lowest BCUT2D eigenvalue weighted by atomic mass is 10.0. The Balaban J connectivity index is 2.56. The Morgan fingerprint density at radius 3 is 2.56 bits per heavy atom. The van der Waals surface area contributed by atoms with Crippen LogP contribution in [-0.4, -0.2) is 23.1 Å². The Bertz CT molecular complexity index is 938. The van der Waals surface area contributed by atoms with Crippen molar-refractivity contribution >= 4 is 39.0 Å². The summed E-state index contributed by atoms with van der Waals surface area (Å²) in [4.78, 5) is 14.7. The molecule has 0 unspecified atom stereocenters. The van der Waals surface area contributed by atoms with Crippen molar-refractivity contribution in [1.29, 1.82) is 0 Å². The summed E-state index contributed by atoms with van der Waals surface area (Å²) in [7, 11) is 0. The molecule has 0 aliphatic rings. The van der Waals surface area contributed by atoms with Gasteiger partial charge in [-0.25, -0.2) is 4.79 Å². The first-order valence-corrected chi connectivity index (χ1v) is 8.33. The first kappa shape index (κ1) is 20.5. The monoisotopic (exact) mass is 440 g/mol. The van der Waals surface area contributed by atoms with E-state index in [1.165, 1.54) is 6.92 Å². The fourth-order valence-electron chi connectivity index (χ4n) is 2.04. The third-order valence-electron chi connectivity index (χ3n) is 3.23. The zero-order valence-electron chi connectivity index (χ0n) is 13.9.